The number of oxazole rings is 1. The van der Waals surface area contributed by atoms with E-state index >= 15 is 0 Å². The molecule has 1 aromatic heterocycles. The average Bonchev–Trinajstić information content (AvgIpc) is 2.59. The van der Waals surface area contributed by atoms with Crippen molar-refractivity contribution in [2.45, 2.75) is 26.2 Å². The first kappa shape index (κ1) is 9.26. The summed E-state index contributed by atoms with van der Waals surface area (Å²) < 4.78 is 5.23. The molecule has 0 radical (unpaired) electrons. The molecule has 0 saturated carbocycles. The molecule has 1 rings (SSSR count). The monoisotopic (exact) mass is 168 g/mol. The molecule has 0 amide bonds. The fraction of sp³-hybridized carbons (Fsp3) is 0.667. The van der Waals surface area contributed by atoms with Gasteiger partial charge in [-0.3, -0.25) is 0 Å². The van der Waals surface area contributed by atoms with Gasteiger partial charge in [0.2, 0.25) is 0 Å². The third kappa shape index (κ3) is 2.34. The van der Waals surface area contributed by atoms with Gasteiger partial charge in [0, 0.05) is 12.5 Å². The van der Waals surface area contributed by atoms with E-state index in [2.05, 4.69) is 24.1 Å². The Morgan fingerprint density at radius 2 is 2.42 bits per heavy atom. The molecule has 3 nitrogen and oxygen atoms in total. The summed E-state index contributed by atoms with van der Waals surface area (Å²) in [4.78, 5) is 3.90. The lowest BCUT2D eigenvalue weighted by Gasteiger charge is -2.10. The van der Waals surface area contributed by atoms with Crippen LogP contribution in [0.1, 0.15) is 31.9 Å². The Kier molecular flexibility index (Phi) is 3.80. The van der Waals surface area contributed by atoms with Crippen molar-refractivity contribution in [1.82, 2.24) is 10.3 Å². The molecule has 0 aliphatic rings. The highest BCUT2D eigenvalue weighted by Crippen LogP contribution is 2.17. The molecule has 1 atom stereocenters. The molecule has 0 aliphatic carbocycles. The first-order valence-corrected chi connectivity index (χ1v) is 4.47. The topological polar surface area (TPSA) is 38.1 Å². The van der Waals surface area contributed by atoms with Crippen molar-refractivity contribution < 1.29 is 4.42 Å². The summed E-state index contributed by atoms with van der Waals surface area (Å²) in [7, 11) is 0. The fourth-order valence-electron chi connectivity index (χ4n) is 1.19. The smallest absolute Gasteiger partial charge is 0.180 e. The molecule has 12 heavy (non-hydrogen) atoms. The number of likely N-dealkylation sites (N-methyl/N-ethyl adjacent to an activating group) is 1. The highest BCUT2D eigenvalue weighted by atomic mass is 16.3. The number of rotatable bonds is 5. The number of hydrogen-bond donors (Lipinski definition) is 1. The lowest BCUT2D eigenvalue weighted by molar-refractivity contribution is 0.437. The molecular weight excluding hydrogens is 152 g/mol. The Hall–Kier alpha value is -0.830. The van der Waals surface area contributed by atoms with Crippen LogP contribution in [0.15, 0.2) is 17.0 Å². The van der Waals surface area contributed by atoms with Gasteiger partial charge in [0.25, 0.3) is 0 Å². The Balaban J connectivity index is 2.45. The molecule has 1 N–H and O–H groups in total. The minimum atomic E-state index is 0.465. The van der Waals surface area contributed by atoms with Crippen molar-refractivity contribution in [1.29, 1.82) is 0 Å². The van der Waals surface area contributed by atoms with E-state index in [4.69, 9.17) is 4.42 Å². The highest BCUT2D eigenvalue weighted by Gasteiger charge is 2.11. The Morgan fingerprint density at radius 3 is 2.92 bits per heavy atom. The maximum atomic E-state index is 5.23. The molecule has 0 bridgehead atoms. The summed E-state index contributed by atoms with van der Waals surface area (Å²) >= 11 is 0. The van der Waals surface area contributed by atoms with Crippen LogP contribution in [0.25, 0.3) is 0 Å². The van der Waals surface area contributed by atoms with Crippen LogP contribution in [0.3, 0.4) is 0 Å². The first-order valence-electron chi connectivity index (χ1n) is 4.47. The molecule has 0 spiro atoms. The SMILES string of the molecule is CCNCC(CC)c1cnco1. The zero-order valence-electron chi connectivity index (χ0n) is 7.71. The summed E-state index contributed by atoms with van der Waals surface area (Å²) in [5.74, 6) is 1.45. The summed E-state index contributed by atoms with van der Waals surface area (Å²) in [5.41, 5.74) is 0. The number of nitrogens with zero attached hydrogens (tertiary/aromatic N) is 1. The quantitative estimate of drug-likeness (QED) is 0.728. The maximum absolute atomic E-state index is 5.23. The second kappa shape index (κ2) is 4.93. The van der Waals surface area contributed by atoms with E-state index in [9.17, 15) is 0 Å². The highest BCUT2D eigenvalue weighted by molar-refractivity contribution is 4.98. The van der Waals surface area contributed by atoms with Crippen LogP contribution < -0.4 is 5.32 Å². The van der Waals surface area contributed by atoms with Crippen LogP contribution in [0.4, 0.5) is 0 Å². The van der Waals surface area contributed by atoms with Crippen molar-refractivity contribution in [2.24, 2.45) is 0 Å². The molecule has 3 heteroatoms. The molecule has 1 unspecified atom stereocenters. The average molecular weight is 168 g/mol. The Bertz CT molecular complexity index is 196. The van der Waals surface area contributed by atoms with Crippen molar-refractivity contribution in [3.63, 3.8) is 0 Å². The van der Waals surface area contributed by atoms with Crippen LogP contribution in [0.5, 0.6) is 0 Å². The third-order valence-electron chi connectivity index (χ3n) is 1.99. The van der Waals surface area contributed by atoms with E-state index in [0.717, 1.165) is 25.3 Å². The molecule has 0 aliphatic heterocycles. The number of nitrogens with one attached hydrogen (secondary N) is 1. The second-order valence-electron chi connectivity index (χ2n) is 2.82. The van der Waals surface area contributed by atoms with Crippen molar-refractivity contribution in [3.05, 3.63) is 18.4 Å². The van der Waals surface area contributed by atoms with Crippen LogP contribution >= 0.6 is 0 Å². The van der Waals surface area contributed by atoms with E-state index < -0.39 is 0 Å². The molecule has 0 aromatic carbocycles. The van der Waals surface area contributed by atoms with Gasteiger partial charge in [-0.1, -0.05) is 13.8 Å². The van der Waals surface area contributed by atoms with Gasteiger partial charge in [-0.25, -0.2) is 4.98 Å². The maximum Gasteiger partial charge on any atom is 0.180 e. The Labute approximate surface area is 73.2 Å². The normalized spacial score (nSPS) is 13.2. The van der Waals surface area contributed by atoms with Crippen LogP contribution in [0, 0.1) is 0 Å². The van der Waals surface area contributed by atoms with E-state index in [1.165, 1.54) is 6.39 Å². The standard InChI is InChI=1S/C9H16N2O/c1-3-8(5-10-4-2)9-6-11-7-12-9/h6-8,10H,3-5H2,1-2H3. The van der Waals surface area contributed by atoms with Crippen LogP contribution in [-0.4, -0.2) is 18.1 Å². The van der Waals surface area contributed by atoms with E-state index in [1.54, 1.807) is 6.20 Å². The minimum Gasteiger partial charge on any atom is -0.448 e. The molecule has 68 valence electrons. The first-order chi connectivity index (χ1) is 5.88. The third-order valence-corrected chi connectivity index (χ3v) is 1.99. The second-order valence-corrected chi connectivity index (χ2v) is 2.82. The molecule has 0 saturated heterocycles. The number of hydrogen-bond acceptors (Lipinski definition) is 3. The van der Waals surface area contributed by atoms with Crippen molar-refractivity contribution in [3.8, 4) is 0 Å². The molecule has 0 fully saturated rings. The summed E-state index contributed by atoms with van der Waals surface area (Å²) in [6.07, 6.45) is 4.37. The molecule has 1 heterocycles. The van der Waals surface area contributed by atoms with Crippen LogP contribution in [0.2, 0.25) is 0 Å². The lowest BCUT2D eigenvalue weighted by atomic mass is 10.0. The van der Waals surface area contributed by atoms with E-state index in [0.29, 0.717) is 5.92 Å². The van der Waals surface area contributed by atoms with Crippen molar-refractivity contribution in [2.75, 3.05) is 13.1 Å². The van der Waals surface area contributed by atoms with Gasteiger partial charge in [-0.05, 0) is 13.0 Å². The zero-order valence-corrected chi connectivity index (χ0v) is 7.71. The number of aromatic nitrogens is 1. The summed E-state index contributed by atoms with van der Waals surface area (Å²) in [6, 6.07) is 0. The Morgan fingerprint density at radius 1 is 1.58 bits per heavy atom. The lowest BCUT2D eigenvalue weighted by Crippen LogP contribution is -2.20. The summed E-state index contributed by atoms with van der Waals surface area (Å²) in [5, 5.41) is 3.30. The van der Waals surface area contributed by atoms with Gasteiger partial charge in [-0.15, -0.1) is 0 Å². The largest absolute Gasteiger partial charge is 0.448 e. The van der Waals surface area contributed by atoms with E-state index in [-0.39, 0.29) is 0 Å². The van der Waals surface area contributed by atoms with Gasteiger partial charge in [0.15, 0.2) is 6.39 Å². The molecular formula is C9H16N2O. The van der Waals surface area contributed by atoms with Gasteiger partial charge in [0.05, 0.1) is 6.20 Å². The predicted octanol–water partition coefficient (Wildman–Crippen LogP) is 1.78. The molecule has 1 aromatic rings. The minimum absolute atomic E-state index is 0.465. The predicted molar refractivity (Wildman–Crippen MR) is 48.1 cm³/mol. The summed E-state index contributed by atoms with van der Waals surface area (Å²) in [6.45, 7) is 6.24. The van der Waals surface area contributed by atoms with Crippen LogP contribution in [-0.2, 0) is 0 Å². The van der Waals surface area contributed by atoms with Gasteiger partial charge in [-0.2, -0.15) is 0 Å². The van der Waals surface area contributed by atoms with Gasteiger partial charge < -0.3 is 9.73 Å². The fourth-order valence-corrected chi connectivity index (χ4v) is 1.19. The van der Waals surface area contributed by atoms with Gasteiger partial charge in [0.1, 0.15) is 5.76 Å². The zero-order chi connectivity index (χ0) is 8.81. The van der Waals surface area contributed by atoms with E-state index in [1.807, 2.05) is 0 Å². The van der Waals surface area contributed by atoms with Gasteiger partial charge >= 0.3 is 0 Å². The van der Waals surface area contributed by atoms with Crippen molar-refractivity contribution >= 4 is 0 Å².